The van der Waals surface area contributed by atoms with Crippen molar-refractivity contribution in [2.75, 3.05) is 11.9 Å². The van der Waals surface area contributed by atoms with Crippen molar-refractivity contribution in [1.82, 2.24) is 0 Å². The van der Waals surface area contributed by atoms with E-state index in [-0.39, 0.29) is 0 Å². The number of nitrogens with zero attached hydrogens (tertiary/aromatic N) is 1. The van der Waals surface area contributed by atoms with Crippen LogP contribution in [0.2, 0.25) is 0 Å². The Labute approximate surface area is 123 Å². The van der Waals surface area contributed by atoms with Gasteiger partial charge >= 0.3 is 0 Å². The summed E-state index contributed by atoms with van der Waals surface area (Å²) in [6, 6.07) is 15.5. The molecular formula is C19H25N. The Morgan fingerprint density at radius 3 is 2.25 bits per heavy atom. The molecule has 0 bridgehead atoms. The number of rotatable bonds is 5. The number of hydrogen-bond donors (Lipinski definition) is 0. The summed E-state index contributed by atoms with van der Waals surface area (Å²) in [6.45, 7) is 7.55. The maximum absolute atomic E-state index is 2.33. The average Bonchev–Trinajstić information content (AvgIpc) is 2.44. The zero-order valence-corrected chi connectivity index (χ0v) is 13.1. The van der Waals surface area contributed by atoms with Crippen molar-refractivity contribution >= 4 is 5.69 Å². The molecule has 0 spiro atoms. The Kier molecular flexibility index (Phi) is 4.84. The van der Waals surface area contributed by atoms with E-state index in [1.54, 1.807) is 0 Å². The van der Waals surface area contributed by atoms with Gasteiger partial charge in [0.15, 0.2) is 0 Å². The van der Waals surface area contributed by atoms with Crippen LogP contribution in [-0.4, -0.2) is 7.05 Å². The van der Waals surface area contributed by atoms with Crippen molar-refractivity contribution in [3.8, 4) is 0 Å². The second-order valence-electron chi connectivity index (χ2n) is 5.64. The highest BCUT2D eigenvalue weighted by molar-refractivity contribution is 5.50. The van der Waals surface area contributed by atoms with Gasteiger partial charge in [-0.25, -0.2) is 0 Å². The van der Waals surface area contributed by atoms with Crippen molar-refractivity contribution in [2.24, 2.45) is 0 Å². The van der Waals surface area contributed by atoms with E-state index in [1.165, 1.54) is 34.4 Å². The van der Waals surface area contributed by atoms with Crippen LogP contribution in [0.5, 0.6) is 0 Å². The largest absolute Gasteiger partial charge is 0.370 e. The molecule has 0 aromatic heterocycles. The van der Waals surface area contributed by atoms with E-state index in [4.69, 9.17) is 0 Å². The summed E-state index contributed by atoms with van der Waals surface area (Å²) in [6.07, 6.45) is 2.36. The monoisotopic (exact) mass is 267 g/mol. The maximum Gasteiger partial charge on any atom is 0.0428 e. The van der Waals surface area contributed by atoms with Crippen LogP contribution in [0, 0.1) is 13.8 Å². The van der Waals surface area contributed by atoms with Crippen LogP contribution in [-0.2, 0) is 13.0 Å². The summed E-state index contributed by atoms with van der Waals surface area (Å²) in [4.78, 5) is 2.33. The molecule has 0 unspecified atom stereocenters. The first-order valence-corrected chi connectivity index (χ1v) is 7.47. The first-order chi connectivity index (χ1) is 9.61. The molecule has 0 aliphatic rings. The Hall–Kier alpha value is -1.76. The smallest absolute Gasteiger partial charge is 0.0428 e. The zero-order chi connectivity index (χ0) is 14.5. The maximum atomic E-state index is 2.33. The van der Waals surface area contributed by atoms with Gasteiger partial charge in [-0.2, -0.15) is 0 Å². The molecule has 1 nitrogen and oxygen atoms in total. The minimum absolute atomic E-state index is 0.971. The molecule has 0 aliphatic heterocycles. The molecule has 0 fully saturated rings. The van der Waals surface area contributed by atoms with Crippen molar-refractivity contribution < 1.29 is 0 Å². The van der Waals surface area contributed by atoms with Gasteiger partial charge in [0.1, 0.15) is 0 Å². The normalized spacial score (nSPS) is 10.6. The Morgan fingerprint density at radius 1 is 0.900 bits per heavy atom. The first kappa shape index (κ1) is 14.6. The molecule has 0 saturated heterocycles. The second kappa shape index (κ2) is 6.60. The molecule has 20 heavy (non-hydrogen) atoms. The molecule has 0 N–H and O–H groups in total. The third-order valence-corrected chi connectivity index (χ3v) is 3.98. The van der Waals surface area contributed by atoms with Gasteiger partial charge < -0.3 is 4.90 Å². The minimum atomic E-state index is 0.971. The van der Waals surface area contributed by atoms with Gasteiger partial charge in [0.2, 0.25) is 0 Å². The summed E-state index contributed by atoms with van der Waals surface area (Å²) in [7, 11) is 2.17. The van der Waals surface area contributed by atoms with E-state index in [0.717, 1.165) is 13.0 Å². The SMILES string of the molecule is CCCc1ccccc1CN(C)c1ccc(C)c(C)c1. The highest BCUT2D eigenvalue weighted by Crippen LogP contribution is 2.21. The fraction of sp³-hybridized carbons (Fsp3) is 0.368. The number of benzene rings is 2. The lowest BCUT2D eigenvalue weighted by atomic mass is 10.0. The Morgan fingerprint density at radius 2 is 1.60 bits per heavy atom. The van der Waals surface area contributed by atoms with Gasteiger partial charge in [-0.1, -0.05) is 43.7 Å². The summed E-state index contributed by atoms with van der Waals surface area (Å²) in [5.74, 6) is 0. The molecule has 2 aromatic rings. The molecule has 0 heterocycles. The van der Waals surface area contributed by atoms with Gasteiger partial charge in [0, 0.05) is 19.3 Å². The average molecular weight is 267 g/mol. The quantitative estimate of drug-likeness (QED) is 0.745. The molecule has 0 aliphatic carbocycles. The predicted molar refractivity (Wildman–Crippen MR) is 88.5 cm³/mol. The predicted octanol–water partition coefficient (Wildman–Crippen LogP) is 4.89. The topological polar surface area (TPSA) is 3.24 Å². The van der Waals surface area contributed by atoms with Gasteiger partial charge in [0.25, 0.3) is 0 Å². The van der Waals surface area contributed by atoms with Gasteiger partial charge in [-0.15, -0.1) is 0 Å². The van der Waals surface area contributed by atoms with Crippen LogP contribution in [0.25, 0.3) is 0 Å². The van der Waals surface area contributed by atoms with Gasteiger partial charge in [-0.05, 0) is 54.7 Å². The van der Waals surface area contributed by atoms with Crippen LogP contribution < -0.4 is 4.90 Å². The van der Waals surface area contributed by atoms with E-state index in [1.807, 2.05) is 0 Å². The molecule has 0 amide bonds. The van der Waals surface area contributed by atoms with Gasteiger partial charge in [0.05, 0.1) is 0 Å². The third kappa shape index (κ3) is 3.41. The van der Waals surface area contributed by atoms with E-state index >= 15 is 0 Å². The zero-order valence-electron chi connectivity index (χ0n) is 13.1. The van der Waals surface area contributed by atoms with Crippen molar-refractivity contribution in [3.63, 3.8) is 0 Å². The standard InChI is InChI=1S/C19H25N/c1-5-8-17-9-6-7-10-18(17)14-20(4)19-12-11-15(2)16(3)13-19/h6-7,9-13H,5,8,14H2,1-4H3. The van der Waals surface area contributed by atoms with Crippen LogP contribution in [0.4, 0.5) is 5.69 Å². The molecule has 0 atom stereocenters. The third-order valence-electron chi connectivity index (χ3n) is 3.98. The number of anilines is 1. The van der Waals surface area contributed by atoms with Gasteiger partial charge in [-0.3, -0.25) is 0 Å². The lowest BCUT2D eigenvalue weighted by molar-refractivity contribution is 0.862. The minimum Gasteiger partial charge on any atom is -0.370 e. The number of hydrogen-bond acceptors (Lipinski definition) is 1. The molecule has 0 saturated carbocycles. The lowest BCUT2D eigenvalue weighted by Crippen LogP contribution is -2.17. The van der Waals surface area contributed by atoms with Crippen LogP contribution >= 0.6 is 0 Å². The molecule has 0 radical (unpaired) electrons. The van der Waals surface area contributed by atoms with Crippen LogP contribution in [0.15, 0.2) is 42.5 Å². The molecular weight excluding hydrogens is 242 g/mol. The first-order valence-electron chi connectivity index (χ1n) is 7.47. The number of aryl methyl sites for hydroxylation is 3. The highest BCUT2D eigenvalue weighted by atomic mass is 15.1. The van der Waals surface area contributed by atoms with Crippen molar-refractivity contribution in [1.29, 1.82) is 0 Å². The van der Waals surface area contributed by atoms with Crippen molar-refractivity contribution in [3.05, 3.63) is 64.7 Å². The van der Waals surface area contributed by atoms with Crippen LogP contribution in [0.1, 0.15) is 35.6 Å². The Balaban J connectivity index is 2.18. The van der Waals surface area contributed by atoms with E-state index in [0.29, 0.717) is 0 Å². The fourth-order valence-corrected chi connectivity index (χ4v) is 2.53. The fourth-order valence-electron chi connectivity index (χ4n) is 2.53. The summed E-state index contributed by atoms with van der Waals surface area (Å²) in [5.41, 5.74) is 6.92. The summed E-state index contributed by atoms with van der Waals surface area (Å²) in [5, 5.41) is 0. The lowest BCUT2D eigenvalue weighted by Gasteiger charge is -2.22. The molecule has 2 rings (SSSR count). The molecule has 1 heteroatoms. The molecule has 2 aromatic carbocycles. The van der Waals surface area contributed by atoms with E-state index < -0.39 is 0 Å². The van der Waals surface area contributed by atoms with E-state index in [2.05, 4.69) is 75.2 Å². The van der Waals surface area contributed by atoms with E-state index in [9.17, 15) is 0 Å². The van der Waals surface area contributed by atoms with Crippen molar-refractivity contribution in [2.45, 2.75) is 40.2 Å². The van der Waals surface area contributed by atoms with Crippen LogP contribution in [0.3, 0.4) is 0 Å². The Bertz CT molecular complexity index is 572. The summed E-state index contributed by atoms with van der Waals surface area (Å²) >= 11 is 0. The second-order valence-corrected chi connectivity index (χ2v) is 5.64. The highest BCUT2D eigenvalue weighted by Gasteiger charge is 2.06. The summed E-state index contributed by atoms with van der Waals surface area (Å²) < 4.78 is 0. The molecule has 106 valence electrons.